The molecule has 3 heteroatoms. The summed E-state index contributed by atoms with van der Waals surface area (Å²) in [6.07, 6.45) is 2.09. The zero-order valence-corrected chi connectivity index (χ0v) is 15.6. The van der Waals surface area contributed by atoms with E-state index in [4.69, 9.17) is 10.7 Å². The van der Waals surface area contributed by atoms with Crippen molar-refractivity contribution in [1.29, 1.82) is 0 Å². The largest absolute Gasteiger partial charge is 0.328 e. The number of nitrogens with zero attached hydrogens (tertiary/aromatic N) is 2. The lowest BCUT2D eigenvalue weighted by atomic mass is 9.91. The van der Waals surface area contributed by atoms with Crippen LogP contribution in [0.15, 0.2) is 48.5 Å². The van der Waals surface area contributed by atoms with Crippen molar-refractivity contribution in [3.63, 3.8) is 0 Å². The summed E-state index contributed by atoms with van der Waals surface area (Å²) in [6, 6.07) is 17.6. The first-order valence-electron chi connectivity index (χ1n) is 9.42. The molecular formula is C22H29N3. The Morgan fingerprint density at radius 3 is 1.88 bits per heavy atom. The second-order valence-electron chi connectivity index (χ2n) is 6.85. The molecule has 0 bridgehead atoms. The van der Waals surface area contributed by atoms with Gasteiger partial charge in [0.05, 0.1) is 11.0 Å². The number of fused-ring (bicyclic) bond motifs is 2. The third-order valence-electron chi connectivity index (χ3n) is 5.11. The van der Waals surface area contributed by atoms with Crippen LogP contribution in [0.2, 0.25) is 0 Å². The highest BCUT2D eigenvalue weighted by molar-refractivity contribution is 5.97. The molecule has 0 aliphatic carbocycles. The predicted octanol–water partition coefficient (Wildman–Crippen LogP) is 4.90. The number of rotatable bonds is 7. The van der Waals surface area contributed by atoms with E-state index < -0.39 is 0 Å². The van der Waals surface area contributed by atoms with E-state index in [1.165, 1.54) is 16.3 Å². The van der Waals surface area contributed by atoms with Gasteiger partial charge in [-0.1, -0.05) is 50.2 Å². The van der Waals surface area contributed by atoms with Crippen LogP contribution < -0.4 is 5.73 Å². The Balaban J connectivity index is 2.25. The van der Waals surface area contributed by atoms with Crippen LogP contribution in [0, 0.1) is 0 Å². The summed E-state index contributed by atoms with van der Waals surface area (Å²) in [5, 5.41) is 2.53. The SMILES string of the molecule is CCN(CC)C(CCC(C)N)c1c2ccccc2nc2ccccc12. The fourth-order valence-electron chi connectivity index (χ4n) is 3.83. The fourth-order valence-corrected chi connectivity index (χ4v) is 3.83. The highest BCUT2D eigenvalue weighted by Gasteiger charge is 2.23. The van der Waals surface area contributed by atoms with Crippen LogP contribution in [0.1, 0.15) is 45.2 Å². The van der Waals surface area contributed by atoms with E-state index in [-0.39, 0.29) is 6.04 Å². The van der Waals surface area contributed by atoms with E-state index in [1.54, 1.807) is 0 Å². The minimum absolute atomic E-state index is 0.220. The first kappa shape index (κ1) is 17.8. The van der Waals surface area contributed by atoms with Crippen LogP contribution >= 0.6 is 0 Å². The zero-order chi connectivity index (χ0) is 17.8. The monoisotopic (exact) mass is 335 g/mol. The van der Waals surface area contributed by atoms with Gasteiger partial charge in [0.1, 0.15) is 0 Å². The third-order valence-corrected chi connectivity index (χ3v) is 5.11. The summed E-state index contributed by atoms with van der Waals surface area (Å²) in [7, 11) is 0. The van der Waals surface area contributed by atoms with Crippen molar-refractivity contribution < 1.29 is 0 Å². The molecule has 2 atom stereocenters. The van der Waals surface area contributed by atoms with Gasteiger partial charge in [0.2, 0.25) is 0 Å². The van der Waals surface area contributed by atoms with Gasteiger partial charge in [-0.05, 0) is 50.6 Å². The molecule has 2 aromatic carbocycles. The van der Waals surface area contributed by atoms with Gasteiger partial charge in [-0.15, -0.1) is 0 Å². The Bertz CT molecular complexity index is 783. The summed E-state index contributed by atoms with van der Waals surface area (Å²) in [5.41, 5.74) is 9.66. The van der Waals surface area contributed by atoms with Crippen LogP contribution in [0.3, 0.4) is 0 Å². The maximum Gasteiger partial charge on any atom is 0.0713 e. The molecular weight excluding hydrogens is 306 g/mol. The summed E-state index contributed by atoms with van der Waals surface area (Å²) in [5.74, 6) is 0. The molecule has 0 saturated carbocycles. The molecule has 3 rings (SSSR count). The van der Waals surface area contributed by atoms with Crippen molar-refractivity contribution in [2.24, 2.45) is 5.73 Å². The second-order valence-corrected chi connectivity index (χ2v) is 6.85. The molecule has 0 aliphatic rings. The maximum absolute atomic E-state index is 6.10. The van der Waals surface area contributed by atoms with Gasteiger partial charge >= 0.3 is 0 Å². The van der Waals surface area contributed by atoms with Crippen molar-refractivity contribution >= 4 is 21.8 Å². The predicted molar refractivity (Wildman–Crippen MR) is 108 cm³/mol. The minimum Gasteiger partial charge on any atom is -0.328 e. The number of para-hydroxylation sites is 2. The molecule has 0 amide bonds. The molecule has 0 aliphatic heterocycles. The lowest BCUT2D eigenvalue weighted by Crippen LogP contribution is -2.30. The molecule has 0 spiro atoms. The Hall–Kier alpha value is -1.97. The number of hydrogen-bond acceptors (Lipinski definition) is 3. The Kier molecular flexibility index (Phi) is 5.67. The molecule has 25 heavy (non-hydrogen) atoms. The molecule has 0 saturated heterocycles. The normalized spacial score (nSPS) is 14.3. The molecule has 1 aromatic heterocycles. The standard InChI is InChI=1S/C22H29N3/c1-4-25(5-2)21(15-14-16(3)23)22-17-10-6-8-12-19(17)24-20-13-9-7-11-18(20)22/h6-13,16,21H,4-5,14-15,23H2,1-3H3. The summed E-state index contributed by atoms with van der Waals surface area (Å²) >= 11 is 0. The van der Waals surface area contributed by atoms with Crippen molar-refractivity contribution in [3.8, 4) is 0 Å². The highest BCUT2D eigenvalue weighted by atomic mass is 15.1. The van der Waals surface area contributed by atoms with Gasteiger partial charge in [-0.3, -0.25) is 4.90 Å². The smallest absolute Gasteiger partial charge is 0.0713 e. The molecule has 0 radical (unpaired) electrons. The van der Waals surface area contributed by atoms with Crippen LogP contribution in [-0.2, 0) is 0 Å². The second kappa shape index (κ2) is 7.94. The first-order chi connectivity index (χ1) is 12.2. The molecule has 3 aromatic rings. The van der Waals surface area contributed by atoms with Gasteiger partial charge in [0, 0.05) is 22.9 Å². The van der Waals surface area contributed by atoms with Crippen LogP contribution in [-0.4, -0.2) is 29.0 Å². The first-order valence-corrected chi connectivity index (χ1v) is 9.42. The van der Waals surface area contributed by atoms with E-state index in [0.29, 0.717) is 6.04 Å². The van der Waals surface area contributed by atoms with Gasteiger partial charge in [-0.25, -0.2) is 4.98 Å². The number of benzene rings is 2. The van der Waals surface area contributed by atoms with Crippen molar-refractivity contribution in [2.75, 3.05) is 13.1 Å². The molecule has 2 unspecified atom stereocenters. The molecule has 132 valence electrons. The van der Waals surface area contributed by atoms with E-state index in [0.717, 1.165) is 37.0 Å². The van der Waals surface area contributed by atoms with E-state index >= 15 is 0 Å². The van der Waals surface area contributed by atoms with Crippen molar-refractivity contribution in [1.82, 2.24) is 9.88 Å². The number of hydrogen-bond donors (Lipinski definition) is 1. The summed E-state index contributed by atoms with van der Waals surface area (Å²) < 4.78 is 0. The highest BCUT2D eigenvalue weighted by Crippen LogP contribution is 2.36. The molecule has 0 fully saturated rings. The van der Waals surface area contributed by atoms with Crippen LogP contribution in [0.25, 0.3) is 21.8 Å². The van der Waals surface area contributed by atoms with Gasteiger partial charge in [0.15, 0.2) is 0 Å². The third kappa shape index (κ3) is 3.68. The lowest BCUT2D eigenvalue weighted by Gasteiger charge is -2.32. The summed E-state index contributed by atoms with van der Waals surface area (Å²) in [6.45, 7) is 8.65. The number of nitrogens with two attached hydrogens (primary N) is 1. The minimum atomic E-state index is 0.220. The van der Waals surface area contributed by atoms with Crippen molar-refractivity contribution in [3.05, 3.63) is 54.1 Å². The van der Waals surface area contributed by atoms with Gasteiger partial charge < -0.3 is 5.73 Å². The van der Waals surface area contributed by atoms with Gasteiger partial charge in [-0.2, -0.15) is 0 Å². The molecule has 3 nitrogen and oxygen atoms in total. The number of aromatic nitrogens is 1. The number of pyridine rings is 1. The Labute approximate surface area is 150 Å². The van der Waals surface area contributed by atoms with E-state index in [2.05, 4.69) is 74.2 Å². The Morgan fingerprint density at radius 1 is 0.880 bits per heavy atom. The molecule has 1 heterocycles. The Morgan fingerprint density at radius 2 is 1.40 bits per heavy atom. The van der Waals surface area contributed by atoms with Crippen LogP contribution in [0.5, 0.6) is 0 Å². The average molecular weight is 335 g/mol. The lowest BCUT2D eigenvalue weighted by molar-refractivity contribution is 0.205. The maximum atomic E-state index is 6.10. The fraction of sp³-hybridized carbons (Fsp3) is 0.409. The quantitative estimate of drug-likeness (QED) is 0.625. The van der Waals surface area contributed by atoms with Crippen molar-refractivity contribution in [2.45, 2.75) is 45.7 Å². The zero-order valence-electron chi connectivity index (χ0n) is 15.6. The van der Waals surface area contributed by atoms with E-state index in [1.807, 2.05) is 0 Å². The summed E-state index contributed by atoms with van der Waals surface area (Å²) in [4.78, 5) is 7.44. The van der Waals surface area contributed by atoms with Crippen LogP contribution in [0.4, 0.5) is 0 Å². The van der Waals surface area contributed by atoms with E-state index in [9.17, 15) is 0 Å². The topological polar surface area (TPSA) is 42.1 Å². The average Bonchev–Trinajstić information content (AvgIpc) is 2.63. The molecule has 2 N–H and O–H groups in total. The van der Waals surface area contributed by atoms with Gasteiger partial charge in [0.25, 0.3) is 0 Å².